The second-order valence-electron chi connectivity index (χ2n) is 3.13. The second-order valence-corrected chi connectivity index (χ2v) is 3.13. The molecule has 8 nitrogen and oxygen atoms in total. The highest BCUT2D eigenvalue weighted by atomic mass is 16.7. The Morgan fingerprint density at radius 2 is 2.18 bits per heavy atom. The van der Waals surface area contributed by atoms with Crippen molar-refractivity contribution >= 4 is 6.09 Å². The molecule has 1 aliphatic rings. The molecule has 1 amide bonds. The van der Waals surface area contributed by atoms with Crippen molar-refractivity contribution in [3.63, 3.8) is 0 Å². The van der Waals surface area contributed by atoms with E-state index < -0.39 is 18.0 Å². The van der Waals surface area contributed by atoms with Crippen LogP contribution in [0.3, 0.4) is 0 Å². The lowest BCUT2D eigenvalue weighted by molar-refractivity contribution is -0.280. The van der Waals surface area contributed by atoms with E-state index in [9.17, 15) is 4.79 Å². The molecule has 94 valence electrons. The molecule has 0 N–H and O–H groups in total. The lowest BCUT2D eigenvalue weighted by Gasteiger charge is -2.33. The number of nitrogens with zero attached hydrogens (tertiary/aromatic N) is 4. The van der Waals surface area contributed by atoms with E-state index in [-0.39, 0.29) is 13.0 Å². The average Bonchev–Trinajstić information content (AvgIpc) is 2.69. The van der Waals surface area contributed by atoms with Gasteiger partial charge in [-0.15, -0.1) is 5.01 Å². The summed E-state index contributed by atoms with van der Waals surface area (Å²) in [5.41, 5.74) is 0. The quantitative estimate of drug-likeness (QED) is 0.686. The van der Waals surface area contributed by atoms with Crippen LogP contribution in [0.4, 0.5) is 4.79 Å². The van der Waals surface area contributed by atoms with Gasteiger partial charge in [0.25, 0.3) is 0 Å². The van der Waals surface area contributed by atoms with Gasteiger partial charge in [-0.3, -0.25) is 0 Å². The number of hydrogen-bond acceptors (Lipinski definition) is 7. The van der Waals surface area contributed by atoms with Gasteiger partial charge in [-0.25, -0.2) is 4.79 Å². The summed E-state index contributed by atoms with van der Waals surface area (Å²) < 4.78 is 15.1. The maximum atomic E-state index is 11.6. The van der Waals surface area contributed by atoms with Gasteiger partial charge < -0.3 is 14.2 Å². The molecule has 1 rings (SSSR count). The molecule has 0 aromatic rings. The molecule has 1 heterocycles. The minimum atomic E-state index is -1.51. The van der Waals surface area contributed by atoms with Crippen molar-refractivity contribution < 1.29 is 19.0 Å². The monoisotopic (exact) mass is 242 g/mol. The highest BCUT2D eigenvalue weighted by molar-refractivity contribution is 5.68. The standard InChI is InChI=1S/C9H14N4O4/c1-4-17-8(14)13-9(15-2,16-3)7(5-6-10)11-12-13/h7H,4-5H2,1-3H3. The van der Waals surface area contributed by atoms with Crippen LogP contribution in [0.2, 0.25) is 0 Å². The third-order valence-electron chi connectivity index (χ3n) is 2.31. The molecular formula is C9H14N4O4. The Morgan fingerprint density at radius 1 is 1.53 bits per heavy atom. The van der Waals surface area contributed by atoms with Crippen LogP contribution in [0.25, 0.3) is 0 Å². The summed E-state index contributed by atoms with van der Waals surface area (Å²) in [5, 5.41) is 17.0. The molecule has 0 bridgehead atoms. The summed E-state index contributed by atoms with van der Waals surface area (Å²) >= 11 is 0. The highest BCUT2D eigenvalue weighted by Gasteiger charge is 2.54. The van der Waals surface area contributed by atoms with E-state index >= 15 is 0 Å². The predicted octanol–water partition coefficient (Wildman–Crippen LogP) is 1.05. The summed E-state index contributed by atoms with van der Waals surface area (Å²) in [4.78, 5) is 11.6. The van der Waals surface area contributed by atoms with Crippen LogP contribution in [0.1, 0.15) is 13.3 Å². The van der Waals surface area contributed by atoms with Gasteiger partial charge >= 0.3 is 12.0 Å². The lowest BCUT2D eigenvalue weighted by atomic mass is 10.1. The van der Waals surface area contributed by atoms with Gasteiger partial charge in [-0.2, -0.15) is 10.4 Å². The normalized spacial score (nSPS) is 21.3. The van der Waals surface area contributed by atoms with Gasteiger partial charge in [0.15, 0.2) is 6.04 Å². The first-order chi connectivity index (χ1) is 8.16. The van der Waals surface area contributed by atoms with Crippen molar-refractivity contribution in [3.8, 4) is 6.07 Å². The summed E-state index contributed by atoms with van der Waals surface area (Å²) in [7, 11) is 2.69. The maximum absolute atomic E-state index is 11.6. The maximum Gasteiger partial charge on any atom is 0.436 e. The second kappa shape index (κ2) is 5.56. The first kappa shape index (κ1) is 13.3. The Bertz CT molecular complexity index is 347. The zero-order chi connectivity index (χ0) is 12.9. The fourth-order valence-corrected chi connectivity index (χ4v) is 1.52. The van der Waals surface area contributed by atoms with Crippen LogP contribution < -0.4 is 0 Å². The van der Waals surface area contributed by atoms with Gasteiger partial charge in [0.05, 0.1) is 19.1 Å². The van der Waals surface area contributed by atoms with Crippen molar-refractivity contribution in [2.24, 2.45) is 10.3 Å². The molecule has 1 unspecified atom stereocenters. The Labute approximate surface area is 98.7 Å². The number of rotatable bonds is 4. The molecule has 1 atom stereocenters. The number of carbonyl (C=O) groups is 1. The summed E-state index contributed by atoms with van der Waals surface area (Å²) in [5.74, 6) is -1.51. The van der Waals surface area contributed by atoms with Crippen molar-refractivity contribution in [3.05, 3.63) is 0 Å². The average molecular weight is 242 g/mol. The van der Waals surface area contributed by atoms with Crippen LogP contribution in [-0.2, 0) is 14.2 Å². The van der Waals surface area contributed by atoms with Crippen molar-refractivity contribution in [1.82, 2.24) is 5.01 Å². The van der Waals surface area contributed by atoms with Crippen molar-refractivity contribution in [2.45, 2.75) is 25.3 Å². The van der Waals surface area contributed by atoms with Crippen LogP contribution in [0.5, 0.6) is 0 Å². The van der Waals surface area contributed by atoms with E-state index in [1.165, 1.54) is 14.2 Å². The van der Waals surface area contributed by atoms with E-state index in [2.05, 4.69) is 10.3 Å². The fraction of sp³-hybridized carbons (Fsp3) is 0.778. The fourth-order valence-electron chi connectivity index (χ4n) is 1.52. The number of amides is 1. The molecule has 0 fully saturated rings. The minimum absolute atomic E-state index is 0.0150. The minimum Gasteiger partial charge on any atom is -0.448 e. The third-order valence-corrected chi connectivity index (χ3v) is 2.31. The van der Waals surface area contributed by atoms with Crippen LogP contribution in [0.15, 0.2) is 10.3 Å². The molecule has 0 spiro atoms. The zero-order valence-electron chi connectivity index (χ0n) is 9.91. The van der Waals surface area contributed by atoms with Crippen LogP contribution in [-0.4, -0.2) is 43.9 Å². The molecule has 8 heteroatoms. The van der Waals surface area contributed by atoms with Gasteiger partial charge in [0.2, 0.25) is 0 Å². The molecule has 0 radical (unpaired) electrons. The third kappa shape index (κ3) is 2.20. The lowest BCUT2D eigenvalue weighted by Crippen LogP contribution is -2.55. The Balaban J connectivity index is 2.96. The van der Waals surface area contributed by atoms with Crippen LogP contribution >= 0.6 is 0 Å². The van der Waals surface area contributed by atoms with Crippen molar-refractivity contribution in [2.75, 3.05) is 20.8 Å². The van der Waals surface area contributed by atoms with E-state index in [1.807, 2.05) is 6.07 Å². The summed E-state index contributed by atoms with van der Waals surface area (Å²) in [6, 6.07) is 1.23. The van der Waals surface area contributed by atoms with E-state index in [1.54, 1.807) is 6.92 Å². The van der Waals surface area contributed by atoms with Gasteiger partial charge in [-0.1, -0.05) is 5.22 Å². The first-order valence-corrected chi connectivity index (χ1v) is 5.01. The number of hydrogen-bond donors (Lipinski definition) is 0. The topological polar surface area (TPSA) is 96.5 Å². The van der Waals surface area contributed by atoms with E-state index in [4.69, 9.17) is 19.5 Å². The van der Waals surface area contributed by atoms with Crippen molar-refractivity contribution in [1.29, 1.82) is 5.26 Å². The predicted molar refractivity (Wildman–Crippen MR) is 54.5 cm³/mol. The summed E-state index contributed by atoms with van der Waals surface area (Å²) in [6.07, 6.45) is -0.721. The molecule has 0 aromatic heterocycles. The molecule has 0 aliphatic carbocycles. The van der Waals surface area contributed by atoms with Gasteiger partial charge in [0, 0.05) is 14.2 Å². The highest BCUT2D eigenvalue weighted by Crippen LogP contribution is 2.33. The Hall–Kier alpha value is -1.72. The number of methoxy groups -OCH3 is 2. The van der Waals surface area contributed by atoms with Gasteiger partial charge in [0.1, 0.15) is 0 Å². The largest absolute Gasteiger partial charge is 0.448 e. The number of carbonyl (C=O) groups excluding carboxylic acids is 1. The Morgan fingerprint density at radius 3 is 2.65 bits per heavy atom. The summed E-state index contributed by atoms with van der Waals surface area (Å²) in [6.45, 7) is 1.86. The van der Waals surface area contributed by atoms with Gasteiger partial charge in [-0.05, 0) is 6.92 Å². The van der Waals surface area contributed by atoms with E-state index in [0.29, 0.717) is 0 Å². The zero-order valence-corrected chi connectivity index (χ0v) is 9.91. The Kier molecular flexibility index (Phi) is 4.37. The molecule has 17 heavy (non-hydrogen) atoms. The molecule has 1 aliphatic heterocycles. The number of ether oxygens (including phenoxy) is 3. The smallest absolute Gasteiger partial charge is 0.436 e. The molecular weight excluding hydrogens is 228 g/mol. The van der Waals surface area contributed by atoms with Crippen LogP contribution in [0, 0.1) is 11.3 Å². The van der Waals surface area contributed by atoms with E-state index in [0.717, 1.165) is 5.01 Å². The number of nitriles is 1. The SMILES string of the molecule is CCOC(=O)N1N=NC(CC#N)C1(OC)OC. The first-order valence-electron chi connectivity index (χ1n) is 5.01. The molecule has 0 saturated carbocycles. The molecule has 0 aromatic carbocycles. The molecule has 0 saturated heterocycles.